The number of carbonyl (C=O) groups excluding carboxylic acids is 3. The summed E-state index contributed by atoms with van der Waals surface area (Å²) in [4.78, 5) is 38.1. The number of hydrogen-bond acceptors (Lipinski definition) is 4. The van der Waals surface area contributed by atoms with E-state index in [4.69, 9.17) is 0 Å². The Morgan fingerprint density at radius 2 is 1.50 bits per heavy atom. The summed E-state index contributed by atoms with van der Waals surface area (Å²) in [5.74, 6) is -0.493. The molecule has 0 aliphatic heterocycles. The highest BCUT2D eigenvalue weighted by atomic mass is 32.1. The van der Waals surface area contributed by atoms with Crippen molar-refractivity contribution in [2.75, 3.05) is 10.6 Å². The predicted molar refractivity (Wildman–Crippen MR) is 121 cm³/mol. The van der Waals surface area contributed by atoms with Gasteiger partial charge >= 0.3 is 0 Å². The molecule has 0 atom stereocenters. The maximum absolute atomic E-state index is 12.8. The van der Waals surface area contributed by atoms with E-state index < -0.39 is 5.41 Å². The monoisotopic (exact) mass is 420 g/mol. The molecule has 1 heterocycles. The SMILES string of the molecule is Cc1cc(NC(=O)C(C)(C)C)sc1C(=O)Nc1cccc(C(=O)c2ccccc2)c1. The Morgan fingerprint density at radius 1 is 0.833 bits per heavy atom. The van der Waals surface area contributed by atoms with Crippen LogP contribution in [0.25, 0.3) is 0 Å². The van der Waals surface area contributed by atoms with Crippen LogP contribution in [-0.4, -0.2) is 17.6 Å². The van der Waals surface area contributed by atoms with Gasteiger partial charge in [0.1, 0.15) is 0 Å². The van der Waals surface area contributed by atoms with Crippen LogP contribution in [0.5, 0.6) is 0 Å². The maximum Gasteiger partial charge on any atom is 0.266 e. The van der Waals surface area contributed by atoms with Crippen molar-refractivity contribution in [3.8, 4) is 0 Å². The molecule has 0 fully saturated rings. The minimum Gasteiger partial charge on any atom is -0.321 e. The smallest absolute Gasteiger partial charge is 0.266 e. The van der Waals surface area contributed by atoms with Crippen LogP contribution in [-0.2, 0) is 4.79 Å². The van der Waals surface area contributed by atoms with Gasteiger partial charge in [-0.2, -0.15) is 0 Å². The van der Waals surface area contributed by atoms with Crippen LogP contribution in [0.3, 0.4) is 0 Å². The third-order valence-corrected chi connectivity index (χ3v) is 5.61. The number of aryl methyl sites for hydroxylation is 1. The van der Waals surface area contributed by atoms with Crippen molar-refractivity contribution in [2.45, 2.75) is 27.7 Å². The zero-order valence-corrected chi connectivity index (χ0v) is 18.2. The molecule has 0 radical (unpaired) electrons. The van der Waals surface area contributed by atoms with Crippen LogP contribution < -0.4 is 10.6 Å². The maximum atomic E-state index is 12.8. The van der Waals surface area contributed by atoms with Crippen LogP contribution in [0, 0.1) is 12.3 Å². The van der Waals surface area contributed by atoms with E-state index in [1.807, 2.05) is 45.9 Å². The molecular formula is C24H24N2O3S. The lowest BCUT2D eigenvalue weighted by atomic mass is 9.96. The third kappa shape index (κ3) is 5.02. The lowest BCUT2D eigenvalue weighted by Crippen LogP contribution is -2.27. The lowest BCUT2D eigenvalue weighted by Gasteiger charge is -2.16. The zero-order chi connectivity index (χ0) is 21.9. The van der Waals surface area contributed by atoms with Gasteiger partial charge in [-0.1, -0.05) is 63.2 Å². The number of thiophene rings is 1. The second kappa shape index (κ2) is 8.63. The van der Waals surface area contributed by atoms with E-state index >= 15 is 0 Å². The third-order valence-electron chi connectivity index (χ3n) is 4.46. The van der Waals surface area contributed by atoms with Gasteiger partial charge in [-0.25, -0.2) is 0 Å². The first-order valence-electron chi connectivity index (χ1n) is 9.58. The molecule has 0 bridgehead atoms. The average Bonchev–Trinajstić information content (AvgIpc) is 3.07. The number of carbonyl (C=O) groups is 3. The molecule has 3 aromatic rings. The topological polar surface area (TPSA) is 75.3 Å². The summed E-state index contributed by atoms with van der Waals surface area (Å²) in [5, 5.41) is 6.34. The van der Waals surface area contributed by atoms with Crippen molar-refractivity contribution in [3.05, 3.63) is 82.2 Å². The first-order valence-corrected chi connectivity index (χ1v) is 10.4. The number of amides is 2. The Labute approximate surface area is 180 Å². The molecule has 154 valence electrons. The fourth-order valence-corrected chi connectivity index (χ4v) is 3.71. The fraction of sp³-hybridized carbons (Fsp3) is 0.208. The normalized spacial score (nSPS) is 11.1. The van der Waals surface area contributed by atoms with E-state index in [0.717, 1.165) is 5.56 Å². The second-order valence-electron chi connectivity index (χ2n) is 8.06. The van der Waals surface area contributed by atoms with E-state index in [0.29, 0.717) is 26.7 Å². The highest BCUT2D eigenvalue weighted by molar-refractivity contribution is 7.18. The zero-order valence-electron chi connectivity index (χ0n) is 17.4. The van der Waals surface area contributed by atoms with E-state index in [-0.39, 0.29) is 17.6 Å². The van der Waals surface area contributed by atoms with Gasteiger partial charge in [0.15, 0.2) is 5.78 Å². The van der Waals surface area contributed by atoms with Gasteiger partial charge in [0, 0.05) is 22.2 Å². The summed E-state index contributed by atoms with van der Waals surface area (Å²) in [6.45, 7) is 7.33. The Balaban J connectivity index is 1.75. The number of anilines is 2. The fourth-order valence-electron chi connectivity index (χ4n) is 2.75. The summed E-state index contributed by atoms with van der Waals surface area (Å²) in [5.41, 5.74) is 1.88. The standard InChI is InChI=1S/C24H24N2O3S/c1-15-13-19(26-23(29)24(2,3)4)30-21(15)22(28)25-18-12-8-11-17(14-18)20(27)16-9-6-5-7-10-16/h5-14H,1-4H3,(H,25,28)(H,26,29). The van der Waals surface area contributed by atoms with Crippen LogP contribution in [0.1, 0.15) is 51.9 Å². The summed E-state index contributed by atoms with van der Waals surface area (Å²) in [7, 11) is 0. The second-order valence-corrected chi connectivity index (χ2v) is 9.11. The summed E-state index contributed by atoms with van der Waals surface area (Å²) >= 11 is 1.23. The minimum atomic E-state index is -0.522. The first-order chi connectivity index (χ1) is 14.1. The molecule has 5 nitrogen and oxygen atoms in total. The van der Waals surface area contributed by atoms with Gasteiger partial charge in [-0.3, -0.25) is 14.4 Å². The van der Waals surface area contributed by atoms with Crippen LogP contribution >= 0.6 is 11.3 Å². The van der Waals surface area contributed by atoms with Gasteiger partial charge in [-0.05, 0) is 30.7 Å². The van der Waals surface area contributed by atoms with Crippen LogP contribution in [0.2, 0.25) is 0 Å². The summed E-state index contributed by atoms with van der Waals surface area (Å²) in [6, 6.07) is 17.7. The van der Waals surface area contributed by atoms with Crippen molar-refractivity contribution in [2.24, 2.45) is 5.41 Å². The quantitative estimate of drug-likeness (QED) is 0.533. The number of nitrogens with one attached hydrogen (secondary N) is 2. The molecule has 1 aromatic heterocycles. The molecule has 0 aliphatic carbocycles. The van der Waals surface area contributed by atoms with Crippen molar-refractivity contribution >= 4 is 39.6 Å². The number of benzene rings is 2. The van der Waals surface area contributed by atoms with E-state index in [9.17, 15) is 14.4 Å². The van der Waals surface area contributed by atoms with Gasteiger partial charge in [-0.15, -0.1) is 11.3 Å². The Kier molecular flexibility index (Phi) is 6.17. The number of rotatable bonds is 5. The molecule has 0 unspecified atom stereocenters. The molecule has 0 saturated carbocycles. The minimum absolute atomic E-state index is 0.105. The molecule has 0 spiro atoms. The van der Waals surface area contributed by atoms with E-state index in [1.54, 1.807) is 42.5 Å². The molecule has 3 rings (SSSR count). The van der Waals surface area contributed by atoms with Crippen molar-refractivity contribution in [1.82, 2.24) is 0 Å². The van der Waals surface area contributed by atoms with Crippen LogP contribution in [0.15, 0.2) is 60.7 Å². The molecule has 2 aromatic carbocycles. The first kappa shape index (κ1) is 21.5. The van der Waals surface area contributed by atoms with Gasteiger partial charge in [0.25, 0.3) is 5.91 Å². The van der Waals surface area contributed by atoms with Crippen molar-refractivity contribution in [1.29, 1.82) is 0 Å². The van der Waals surface area contributed by atoms with Crippen LogP contribution in [0.4, 0.5) is 10.7 Å². The van der Waals surface area contributed by atoms with Gasteiger partial charge < -0.3 is 10.6 Å². The van der Waals surface area contributed by atoms with Gasteiger partial charge in [0.05, 0.1) is 9.88 Å². The number of ketones is 1. The van der Waals surface area contributed by atoms with Crippen molar-refractivity contribution < 1.29 is 14.4 Å². The lowest BCUT2D eigenvalue weighted by molar-refractivity contribution is -0.123. The predicted octanol–water partition coefficient (Wildman–Crippen LogP) is 5.52. The molecule has 2 N–H and O–H groups in total. The Hall–Kier alpha value is -3.25. The summed E-state index contributed by atoms with van der Waals surface area (Å²) < 4.78 is 0. The Morgan fingerprint density at radius 3 is 2.17 bits per heavy atom. The molecule has 0 aliphatic rings. The van der Waals surface area contributed by atoms with E-state index in [2.05, 4.69) is 10.6 Å². The highest BCUT2D eigenvalue weighted by Crippen LogP contribution is 2.29. The summed E-state index contributed by atoms with van der Waals surface area (Å²) in [6.07, 6.45) is 0. The average molecular weight is 421 g/mol. The highest BCUT2D eigenvalue weighted by Gasteiger charge is 2.23. The van der Waals surface area contributed by atoms with E-state index in [1.165, 1.54) is 11.3 Å². The number of hydrogen-bond donors (Lipinski definition) is 2. The molecule has 30 heavy (non-hydrogen) atoms. The molecule has 2 amide bonds. The molecular weight excluding hydrogens is 396 g/mol. The molecule has 0 saturated heterocycles. The largest absolute Gasteiger partial charge is 0.321 e. The van der Waals surface area contributed by atoms with Gasteiger partial charge in [0.2, 0.25) is 5.91 Å². The van der Waals surface area contributed by atoms with Crippen molar-refractivity contribution in [3.63, 3.8) is 0 Å². The molecule has 6 heteroatoms. The Bertz CT molecular complexity index is 1100.